The first-order valence-electron chi connectivity index (χ1n) is 7.05. The van der Waals surface area contributed by atoms with Gasteiger partial charge in [-0.3, -0.25) is 4.79 Å². The highest BCUT2D eigenvalue weighted by Crippen LogP contribution is 2.22. The number of rotatable bonds is 5. The van der Waals surface area contributed by atoms with Crippen molar-refractivity contribution in [1.82, 2.24) is 0 Å². The van der Waals surface area contributed by atoms with E-state index in [-0.39, 0.29) is 22.6 Å². The van der Waals surface area contributed by atoms with Gasteiger partial charge in [0, 0.05) is 4.47 Å². The normalized spacial score (nSPS) is 10.0. The predicted molar refractivity (Wildman–Crippen MR) is 92.5 cm³/mol. The van der Waals surface area contributed by atoms with Gasteiger partial charge in [0.05, 0.1) is 18.4 Å². The summed E-state index contributed by atoms with van der Waals surface area (Å²) in [4.78, 5) is 35.5. The first-order chi connectivity index (χ1) is 11.9. The van der Waals surface area contributed by atoms with E-state index in [1.807, 2.05) is 0 Å². The molecule has 0 aliphatic rings. The maximum atomic E-state index is 12.0. The van der Waals surface area contributed by atoms with E-state index in [4.69, 9.17) is 4.74 Å². The molecular formula is C17H14BrNO6. The Kier molecular flexibility index (Phi) is 6.13. The van der Waals surface area contributed by atoms with Crippen molar-refractivity contribution >= 4 is 39.5 Å². The number of nitrogens with one attached hydrogen (secondary N) is 1. The maximum absolute atomic E-state index is 12.0. The molecule has 7 nitrogen and oxygen atoms in total. The number of halogens is 1. The number of hydrogen-bond acceptors (Lipinski definition) is 6. The fraction of sp³-hybridized carbons (Fsp3) is 0.118. The van der Waals surface area contributed by atoms with Crippen molar-refractivity contribution in [3.8, 4) is 5.75 Å². The number of esters is 2. The second-order valence-corrected chi connectivity index (χ2v) is 5.74. The Labute approximate surface area is 151 Å². The third-order valence-corrected chi connectivity index (χ3v) is 3.61. The van der Waals surface area contributed by atoms with E-state index in [0.29, 0.717) is 4.47 Å². The summed E-state index contributed by atoms with van der Waals surface area (Å²) in [5.74, 6) is -2.36. The minimum atomic E-state index is -0.852. The lowest BCUT2D eigenvalue weighted by Gasteiger charge is -2.10. The molecule has 0 radical (unpaired) electrons. The Morgan fingerprint density at radius 3 is 2.52 bits per heavy atom. The summed E-state index contributed by atoms with van der Waals surface area (Å²) in [6.45, 7) is -0.583. The Hall–Kier alpha value is -2.87. The molecule has 2 N–H and O–H groups in total. The van der Waals surface area contributed by atoms with Gasteiger partial charge in [-0.1, -0.05) is 28.1 Å². The second-order valence-electron chi connectivity index (χ2n) is 4.82. The molecule has 0 fully saturated rings. The number of para-hydroxylation sites is 1. The largest absolute Gasteiger partial charge is 0.507 e. The van der Waals surface area contributed by atoms with E-state index in [1.54, 1.807) is 18.2 Å². The van der Waals surface area contributed by atoms with Crippen LogP contribution in [0.1, 0.15) is 20.7 Å². The van der Waals surface area contributed by atoms with Crippen molar-refractivity contribution in [3.63, 3.8) is 0 Å². The van der Waals surface area contributed by atoms with Gasteiger partial charge < -0.3 is 19.9 Å². The van der Waals surface area contributed by atoms with Crippen molar-refractivity contribution < 1.29 is 29.0 Å². The molecule has 2 aromatic rings. The summed E-state index contributed by atoms with van der Waals surface area (Å²) < 4.78 is 10.1. The van der Waals surface area contributed by atoms with E-state index in [2.05, 4.69) is 26.0 Å². The van der Waals surface area contributed by atoms with E-state index >= 15 is 0 Å². The zero-order valence-corrected chi connectivity index (χ0v) is 14.7. The Morgan fingerprint density at radius 2 is 1.80 bits per heavy atom. The van der Waals surface area contributed by atoms with Crippen LogP contribution in [0.4, 0.5) is 5.69 Å². The standard InChI is InChI=1S/C17H14BrNO6/c1-24-16(22)11-4-2-3-5-13(11)19-15(21)9-25-17(23)12-8-10(18)6-7-14(12)20/h2-8,20H,9H2,1H3,(H,19,21). The van der Waals surface area contributed by atoms with Crippen LogP contribution in [0.25, 0.3) is 0 Å². The molecule has 2 rings (SSSR count). The molecule has 0 saturated carbocycles. The molecule has 0 spiro atoms. The minimum Gasteiger partial charge on any atom is -0.507 e. The quantitative estimate of drug-likeness (QED) is 0.738. The van der Waals surface area contributed by atoms with Gasteiger partial charge in [0.25, 0.3) is 5.91 Å². The van der Waals surface area contributed by atoms with Crippen LogP contribution >= 0.6 is 15.9 Å². The lowest BCUT2D eigenvalue weighted by atomic mass is 10.2. The van der Waals surface area contributed by atoms with Gasteiger partial charge in [-0.05, 0) is 30.3 Å². The van der Waals surface area contributed by atoms with Crippen molar-refractivity contribution in [3.05, 3.63) is 58.1 Å². The van der Waals surface area contributed by atoms with Crippen molar-refractivity contribution in [2.75, 3.05) is 19.0 Å². The molecule has 2 aromatic carbocycles. The van der Waals surface area contributed by atoms with Gasteiger partial charge in [0.15, 0.2) is 6.61 Å². The number of ether oxygens (including phenoxy) is 2. The van der Waals surface area contributed by atoms with Gasteiger partial charge in [-0.25, -0.2) is 9.59 Å². The highest BCUT2D eigenvalue weighted by atomic mass is 79.9. The first-order valence-corrected chi connectivity index (χ1v) is 7.84. The average Bonchev–Trinajstić information content (AvgIpc) is 2.61. The number of methoxy groups -OCH3 is 1. The topological polar surface area (TPSA) is 102 Å². The summed E-state index contributed by atoms with van der Waals surface area (Å²) in [5.41, 5.74) is 0.340. The number of phenols is 1. The third-order valence-electron chi connectivity index (χ3n) is 3.12. The van der Waals surface area contributed by atoms with Crippen LogP contribution in [0, 0.1) is 0 Å². The first kappa shape index (κ1) is 18.5. The molecule has 25 heavy (non-hydrogen) atoms. The molecule has 0 unspecified atom stereocenters. The highest BCUT2D eigenvalue weighted by molar-refractivity contribution is 9.10. The molecule has 0 aliphatic carbocycles. The number of carbonyl (C=O) groups is 3. The molecule has 0 heterocycles. The van der Waals surface area contributed by atoms with Gasteiger partial charge in [-0.2, -0.15) is 0 Å². The Bertz CT molecular complexity index is 821. The zero-order chi connectivity index (χ0) is 18.4. The number of anilines is 1. The van der Waals surface area contributed by atoms with Crippen molar-refractivity contribution in [2.24, 2.45) is 0 Å². The number of amides is 1. The third kappa shape index (κ3) is 4.80. The summed E-state index contributed by atoms with van der Waals surface area (Å²) in [7, 11) is 1.23. The number of benzene rings is 2. The van der Waals surface area contributed by atoms with Crippen LogP contribution in [0.15, 0.2) is 46.9 Å². The molecule has 0 aliphatic heterocycles. The molecule has 130 valence electrons. The van der Waals surface area contributed by atoms with Crippen LogP contribution in [0.2, 0.25) is 0 Å². The van der Waals surface area contributed by atoms with Crippen LogP contribution in [0.3, 0.4) is 0 Å². The maximum Gasteiger partial charge on any atom is 0.342 e. The number of phenolic OH excluding ortho intramolecular Hbond substituents is 1. The SMILES string of the molecule is COC(=O)c1ccccc1NC(=O)COC(=O)c1cc(Br)ccc1O. The number of hydrogen-bond donors (Lipinski definition) is 2. The molecule has 0 atom stereocenters. The summed E-state index contributed by atoms with van der Waals surface area (Å²) in [6, 6.07) is 10.5. The number of carbonyl (C=O) groups excluding carboxylic acids is 3. The monoisotopic (exact) mass is 407 g/mol. The summed E-state index contributed by atoms with van der Waals surface area (Å²) >= 11 is 3.18. The summed E-state index contributed by atoms with van der Waals surface area (Å²) in [5, 5.41) is 12.1. The number of aromatic hydroxyl groups is 1. The molecular weight excluding hydrogens is 394 g/mol. The van der Waals surface area contributed by atoms with E-state index < -0.39 is 24.5 Å². The molecule has 8 heteroatoms. The van der Waals surface area contributed by atoms with Crippen LogP contribution < -0.4 is 5.32 Å². The molecule has 0 saturated heterocycles. The second kappa shape index (κ2) is 8.29. The van der Waals surface area contributed by atoms with E-state index in [1.165, 1.54) is 31.4 Å². The highest BCUT2D eigenvalue weighted by Gasteiger charge is 2.17. The predicted octanol–water partition coefficient (Wildman–Crippen LogP) is 2.74. The van der Waals surface area contributed by atoms with Gasteiger partial charge in [0.1, 0.15) is 11.3 Å². The Balaban J connectivity index is 2.01. The fourth-order valence-electron chi connectivity index (χ4n) is 1.95. The summed E-state index contributed by atoms with van der Waals surface area (Å²) in [6.07, 6.45) is 0. The van der Waals surface area contributed by atoms with Crippen LogP contribution in [-0.2, 0) is 14.3 Å². The van der Waals surface area contributed by atoms with Crippen LogP contribution in [-0.4, -0.2) is 36.7 Å². The molecule has 0 bridgehead atoms. The molecule has 0 aromatic heterocycles. The average molecular weight is 408 g/mol. The molecule has 1 amide bonds. The lowest BCUT2D eigenvalue weighted by Crippen LogP contribution is -2.22. The van der Waals surface area contributed by atoms with Crippen LogP contribution in [0.5, 0.6) is 5.75 Å². The lowest BCUT2D eigenvalue weighted by molar-refractivity contribution is -0.119. The fourth-order valence-corrected chi connectivity index (χ4v) is 2.31. The zero-order valence-electron chi connectivity index (χ0n) is 13.1. The van der Waals surface area contributed by atoms with Gasteiger partial charge in [0.2, 0.25) is 0 Å². The van der Waals surface area contributed by atoms with Gasteiger partial charge >= 0.3 is 11.9 Å². The van der Waals surface area contributed by atoms with E-state index in [9.17, 15) is 19.5 Å². The Morgan fingerprint density at radius 1 is 1.08 bits per heavy atom. The van der Waals surface area contributed by atoms with Gasteiger partial charge in [-0.15, -0.1) is 0 Å². The minimum absolute atomic E-state index is 0.0721. The van der Waals surface area contributed by atoms with E-state index in [0.717, 1.165) is 0 Å². The van der Waals surface area contributed by atoms with Crippen molar-refractivity contribution in [2.45, 2.75) is 0 Å². The van der Waals surface area contributed by atoms with Crippen molar-refractivity contribution in [1.29, 1.82) is 0 Å². The smallest absolute Gasteiger partial charge is 0.342 e.